The van der Waals surface area contributed by atoms with Crippen molar-refractivity contribution in [3.63, 3.8) is 0 Å². The number of nitrogens with zero attached hydrogens (tertiary/aromatic N) is 1. The first-order valence-electron chi connectivity index (χ1n) is 4.13. The maximum atomic E-state index is 10.7. The quantitative estimate of drug-likeness (QED) is 0.633. The van der Waals surface area contributed by atoms with Crippen LogP contribution in [0.3, 0.4) is 0 Å². The third-order valence-corrected chi connectivity index (χ3v) is 1.67. The van der Waals surface area contributed by atoms with Gasteiger partial charge in [0.15, 0.2) is 0 Å². The van der Waals surface area contributed by atoms with Crippen LogP contribution in [0.15, 0.2) is 23.9 Å². The number of allylic oxidation sites excluding steroid dienone is 2. The van der Waals surface area contributed by atoms with Gasteiger partial charge in [-0.2, -0.15) is 0 Å². The third-order valence-electron chi connectivity index (χ3n) is 1.67. The maximum absolute atomic E-state index is 10.7. The molecule has 0 aliphatic rings. The lowest BCUT2D eigenvalue weighted by Crippen LogP contribution is -2.33. The Balaban J connectivity index is 4.06. The summed E-state index contributed by atoms with van der Waals surface area (Å²) in [6.45, 7) is 2.42. The van der Waals surface area contributed by atoms with Crippen LogP contribution in [0.5, 0.6) is 0 Å². The van der Waals surface area contributed by atoms with Crippen molar-refractivity contribution in [2.24, 2.45) is 11.5 Å². The highest BCUT2D eigenvalue weighted by Gasteiger charge is 2.04. The molecule has 0 aliphatic carbocycles. The monoisotopic (exact) mass is 183 g/mol. The number of nitrogens with two attached hydrogens (primary N) is 2. The van der Waals surface area contributed by atoms with Crippen LogP contribution < -0.4 is 11.5 Å². The summed E-state index contributed by atoms with van der Waals surface area (Å²) in [6.07, 6.45) is 6.19. The molecule has 0 spiro atoms. The molecule has 13 heavy (non-hydrogen) atoms. The highest BCUT2D eigenvalue weighted by atomic mass is 16.2. The smallest absolute Gasteiger partial charge is 0.314 e. The minimum atomic E-state index is -0.445. The highest BCUT2D eigenvalue weighted by molar-refractivity contribution is 5.71. The Morgan fingerprint density at radius 2 is 2.15 bits per heavy atom. The molecule has 4 N–H and O–H groups in total. The summed E-state index contributed by atoms with van der Waals surface area (Å²) in [5.74, 6) is 0. The number of urea groups is 1. The van der Waals surface area contributed by atoms with Gasteiger partial charge in [0.1, 0.15) is 0 Å². The second kappa shape index (κ2) is 6.11. The van der Waals surface area contributed by atoms with Crippen LogP contribution in [-0.2, 0) is 0 Å². The van der Waals surface area contributed by atoms with Gasteiger partial charge in [-0.3, -0.25) is 0 Å². The first kappa shape index (κ1) is 11.6. The molecule has 0 bridgehead atoms. The van der Waals surface area contributed by atoms with Gasteiger partial charge in [-0.25, -0.2) is 4.79 Å². The van der Waals surface area contributed by atoms with E-state index in [-0.39, 0.29) is 0 Å². The molecule has 74 valence electrons. The zero-order valence-electron chi connectivity index (χ0n) is 8.16. The summed E-state index contributed by atoms with van der Waals surface area (Å²) in [5.41, 5.74) is 11.4. The second-order valence-electron chi connectivity index (χ2n) is 2.79. The molecule has 0 saturated heterocycles. The lowest BCUT2D eigenvalue weighted by Gasteiger charge is -2.15. The van der Waals surface area contributed by atoms with Crippen LogP contribution in [0.25, 0.3) is 0 Å². The average Bonchev–Trinajstić information content (AvgIpc) is 2.11. The number of hydrogen-bond donors (Lipinski definition) is 2. The van der Waals surface area contributed by atoms with Crippen molar-refractivity contribution < 1.29 is 4.79 Å². The summed E-state index contributed by atoms with van der Waals surface area (Å²) < 4.78 is 0. The molecule has 2 amide bonds. The molecule has 0 aromatic heterocycles. The van der Waals surface area contributed by atoms with Crippen molar-refractivity contribution in [3.05, 3.63) is 23.9 Å². The average molecular weight is 183 g/mol. The maximum Gasteiger partial charge on any atom is 0.314 e. The van der Waals surface area contributed by atoms with E-state index >= 15 is 0 Å². The fraction of sp³-hybridized carbons (Fsp3) is 0.444. The van der Waals surface area contributed by atoms with Crippen LogP contribution in [0.2, 0.25) is 0 Å². The summed E-state index contributed by atoms with van der Waals surface area (Å²) >= 11 is 0. The van der Waals surface area contributed by atoms with Gasteiger partial charge in [-0.15, -0.1) is 0 Å². The predicted octanol–water partition coefficient (Wildman–Crippen LogP) is 0.806. The fourth-order valence-electron chi connectivity index (χ4n) is 0.837. The van der Waals surface area contributed by atoms with Crippen molar-refractivity contribution in [2.45, 2.75) is 13.3 Å². The highest BCUT2D eigenvalue weighted by Crippen LogP contribution is 2.02. The molecule has 0 rings (SSSR count). The molecular weight excluding hydrogens is 166 g/mol. The Hall–Kier alpha value is -1.45. The molecule has 0 radical (unpaired) electrons. The summed E-state index contributed by atoms with van der Waals surface area (Å²) in [4.78, 5) is 12.1. The lowest BCUT2D eigenvalue weighted by molar-refractivity contribution is 0.221. The van der Waals surface area contributed by atoms with E-state index in [0.717, 1.165) is 12.0 Å². The Labute approximate surface area is 78.9 Å². The normalized spacial score (nSPS) is 12.0. The largest absolute Gasteiger partial charge is 0.405 e. The number of hydrogen-bond acceptors (Lipinski definition) is 2. The van der Waals surface area contributed by atoms with E-state index in [1.807, 2.05) is 19.1 Å². The molecule has 0 aliphatic heterocycles. The van der Waals surface area contributed by atoms with Crippen molar-refractivity contribution in [3.8, 4) is 0 Å². The van der Waals surface area contributed by atoms with Crippen LogP contribution >= 0.6 is 0 Å². The van der Waals surface area contributed by atoms with Gasteiger partial charge in [-0.05, 0) is 25.1 Å². The number of primary amides is 1. The Kier molecular flexibility index (Phi) is 5.43. The molecule has 0 aromatic rings. The van der Waals surface area contributed by atoms with Crippen molar-refractivity contribution in [2.75, 3.05) is 13.6 Å². The molecule has 0 aromatic carbocycles. The van der Waals surface area contributed by atoms with Crippen LogP contribution in [0, 0.1) is 0 Å². The number of carbonyl (C=O) groups is 1. The minimum Gasteiger partial charge on any atom is -0.405 e. The van der Waals surface area contributed by atoms with Crippen LogP contribution in [0.1, 0.15) is 13.3 Å². The minimum absolute atomic E-state index is 0.445. The van der Waals surface area contributed by atoms with Crippen molar-refractivity contribution in [1.82, 2.24) is 4.90 Å². The van der Waals surface area contributed by atoms with Gasteiger partial charge in [0.05, 0.1) is 0 Å². The molecule has 4 heteroatoms. The van der Waals surface area contributed by atoms with Gasteiger partial charge in [0.25, 0.3) is 0 Å². The molecule has 0 heterocycles. The zero-order chi connectivity index (χ0) is 10.3. The van der Waals surface area contributed by atoms with E-state index in [2.05, 4.69) is 0 Å². The molecule has 0 saturated carbocycles. The zero-order valence-corrected chi connectivity index (χ0v) is 8.16. The Bertz CT molecular complexity index is 221. The molecule has 0 atom stereocenters. The number of rotatable bonds is 4. The second-order valence-corrected chi connectivity index (χ2v) is 2.79. The lowest BCUT2D eigenvalue weighted by atomic mass is 10.2. The van der Waals surface area contributed by atoms with E-state index in [0.29, 0.717) is 6.54 Å². The molecule has 0 unspecified atom stereocenters. The van der Waals surface area contributed by atoms with Crippen molar-refractivity contribution >= 4 is 6.03 Å². The number of likely N-dealkylation sites (N-methyl/N-ethyl adjacent to an activating group) is 1. The number of amides is 2. The summed E-state index contributed by atoms with van der Waals surface area (Å²) in [6, 6.07) is -0.445. The third kappa shape index (κ3) is 4.90. The SMILES string of the molecule is C/C=C\C/C(=C\N)CN(C)C(N)=O. The van der Waals surface area contributed by atoms with E-state index < -0.39 is 6.03 Å². The van der Waals surface area contributed by atoms with Gasteiger partial charge in [0.2, 0.25) is 0 Å². The van der Waals surface area contributed by atoms with Gasteiger partial charge < -0.3 is 16.4 Å². The van der Waals surface area contributed by atoms with Crippen LogP contribution in [-0.4, -0.2) is 24.5 Å². The van der Waals surface area contributed by atoms with E-state index in [4.69, 9.17) is 11.5 Å². The fourth-order valence-corrected chi connectivity index (χ4v) is 0.837. The van der Waals surface area contributed by atoms with E-state index in [9.17, 15) is 4.79 Å². The van der Waals surface area contributed by atoms with Gasteiger partial charge in [-0.1, -0.05) is 12.2 Å². The Morgan fingerprint density at radius 1 is 1.54 bits per heavy atom. The van der Waals surface area contributed by atoms with E-state index in [1.54, 1.807) is 7.05 Å². The Morgan fingerprint density at radius 3 is 2.54 bits per heavy atom. The molecule has 0 fully saturated rings. The first-order chi connectivity index (χ1) is 6.11. The van der Waals surface area contributed by atoms with Gasteiger partial charge >= 0.3 is 6.03 Å². The van der Waals surface area contributed by atoms with Gasteiger partial charge in [0, 0.05) is 13.6 Å². The predicted molar refractivity (Wildman–Crippen MR) is 53.9 cm³/mol. The van der Waals surface area contributed by atoms with Crippen molar-refractivity contribution in [1.29, 1.82) is 0 Å². The molecular formula is C9H17N3O. The standard InChI is InChI=1S/C9H17N3O/c1-3-4-5-8(6-10)7-12(2)9(11)13/h3-4,6H,5,7,10H2,1-2H3,(H2,11,13)/b4-3-,8-6+. The first-order valence-corrected chi connectivity index (χ1v) is 4.13. The topological polar surface area (TPSA) is 72.3 Å². The summed E-state index contributed by atoms with van der Waals surface area (Å²) in [7, 11) is 1.64. The van der Waals surface area contributed by atoms with E-state index in [1.165, 1.54) is 11.1 Å². The van der Waals surface area contributed by atoms with Crippen LogP contribution in [0.4, 0.5) is 4.79 Å². The summed E-state index contributed by atoms with van der Waals surface area (Å²) in [5, 5.41) is 0. The molecule has 4 nitrogen and oxygen atoms in total. The number of carbonyl (C=O) groups excluding carboxylic acids is 1.